The molecule has 0 fully saturated rings. The van der Waals surface area contributed by atoms with Crippen LogP contribution in [0.25, 0.3) is 11.3 Å². The molecule has 1 aromatic carbocycles. The van der Waals surface area contributed by atoms with Gasteiger partial charge in [0.2, 0.25) is 5.95 Å². The summed E-state index contributed by atoms with van der Waals surface area (Å²) in [6.45, 7) is 6.37. The zero-order chi connectivity index (χ0) is 21.9. The van der Waals surface area contributed by atoms with Gasteiger partial charge in [-0.15, -0.1) is 0 Å². The van der Waals surface area contributed by atoms with Gasteiger partial charge in [0.15, 0.2) is 5.65 Å². The van der Waals surface area contributed by atoms with Gasteiger partial charge in [-0.25, -0.2) is 4.68 Å². The molecule has 1 aliphatic rings. The van der Waals surface area contributed by atoms with Crippen LogP contribution in [0.1, 0.15) is 30.9 Å². The SMILES string of the molecule is CC(C)c1cnn2c(NCc3ccccc3-n3cccn3)nc(OC3C=CCNC3)nc12. The molecule has 1 atom stereocenters. The lowest BCUT2D eigenvalue weighted by molar-refractivity contribution is 0.221. The first-order valence-corrected chi connectivity index (χ1v) is 10.8. The van der Waals surface area contributed by atoms with Crippen LogP contribution in [0.3, 0.4) is 0 Å². The van der Waals surface area contributed by atoms with Crippen molar-refractivity contribution < 1.29 is 4.74 Å². The van der Waals surface area contributed by atoms with Crippen LogP contribution in [0.5, 0.6) is 6.01 Å². The van der Waals surface area contributed by atoms with Crippen LogP contribution >= 0.6 is 0 Å². The molecule has 4 heterocycles. The highest BCUT2D eigenvalue weighted by Crippen LogP contribution is 2.24. The first-order chi connectivity index (χ1) is 15.7. The quantitative estimate of drug-likeness (QED) is 0.435. The van der Waals surface area contributed by atoms with E-state index >= 15 is 0 Å². The molecule has 0 bridgehead atoms. The predicted octanol–water partition coefficient (Wildman–Crippen LogP) is 2.95. The third kappa shape index (κ3) is 4.06. The summed E-state index contributed by atoms with van der Waals surface area (Å²) in [6, 6.07) is 10.4. The van der Waals surface area contributed by atoms with E-state index in [1.54, 1.807) is 10.7 Å². The lowest BCUT2D eigenvalue weighted by Crippen LogP contribution is -2.34. The van der Waals surface area contributed by atoms with Gasteiger partial charge in [-0.1, -0.05) is 38.1 Å². The number of hydrogen-bond acceptors (Lipinski definition) is 7. The van der Waals surface area contributed by atoms with Crippen molar-refractivity contribution in [2.45, 2.75) is 32.4 Å². The Kier molecular flexibility index (Phi) is 5.55. The Labute approximate surface area is 186 Å². The van der Waals surface area contributed by atoms with E-state index in [0.717, 1.165) is 35.6 Å². The largest absolute Gasteiger partial charge is 0.454 e. The van der Waals surface area contributed by atoms with Crippen molar-refractivity contribution in [3.63, 3.8) is 0 Å². The van der Waals surface area contributed by atoms with Gasteiger partial charge in [0.1, 0.15) is 6.10 Å². The summed E-state index contributed by atoms with van der Waals surface area (Å²) < 4.78 is 9.68. The zero-order valence-corrected chi connectivity index (χ0v) is 18.1. The highest BCUT2D eigenvalue weighted by Gasteiger charge is 2.18. The summed E-state index contributed by atoms with van der Waals surface area (Å²) in [7, 11) is 0. The molecule has 0 saturated carbocycles. The van der Waals surface area contributed by atoms with Crippen molar-refractivity contribution >= 4 is 11.6 Å². The maximum Gasteiger partial charge on any atom is 0.322 e. The van der Waals surface area contributed by atoms with Crippen molar-refractivity contribution in [1.29, 1.82) is 0 Å². The molecule has 0 radical (unpaired) electrons. The van der Waals surface area contributed by atoms with E-state index in [4.69, 9.17) is 4.74 Å². The predicted molar refractivity (Wildman–Crippen MR) is 122 cm³/mol. The highest BCUT2D eigenvalue weighted by atomic mass is 16.5. The number of benzene rings is 1. The van der Waals surface area contributed by atoms with E-state index in [2.05, 4.69) is 56.8 Å². The van der Waals surface area contributed by atoms with Gasteiger partial charge >= 0.3 is 6.01 Å². The minimum atomic E-state index is -0.106. The number of fused-ring (bicyclic) bond motifs is 1. The summed E-state index contributed by atoms with van der Waals surface area (Å²) in [6.07, 6.45) is 9.54. The average Bonchev–Trinajstić information content (AvgIpc) is 3.49. The molecule has 0 aliphatic carbocycles. The second kappa shape index (κ2) is 8.80. The van der Waals surface area contributed by atoms with Crippen LogP contribution in [-0.4, -0.2) is 48.6 Å². The lowest BCUT2D eigenvalue weighted by atomic mass is 10.1. The molecule has 0 saturated heterocycles. The van der Waals surface area contributed by atoms with Crippen molar-refractivity contribution in [3.05, 3.63) is 72.2 Å². The Morgan fingerprint density at radius 1 is 1.19 bits per heavy atom. The summed E-state index contributed by atoms with van der Waals surface area (Å²) in [5.74, 6) is 0.861. The van der Waals surface area contributed by atoms with Crippen LogP contribution < -0.4 is 15.4 Å². The smallest absolute Gasteiger partial charge is 0.322 e. The third-order valence-electron chi connectivity index (χ3n) is 5.39. The number of rotatable bonds is 7. The minimum absolute atomic E-state index is 0.106. The molecule has 5 rings (SSSR count). The molecule has 2 N–H and O–H groups in total. The molecule has 32 heavy (non-hydrogen) atoms. The van der Waals surface area contributed by atoms with Crippen LogP contribution in [0.15, 0.2) is 61.1 Å². The molecular weight excluding hydrogens is 404 g/mol. The summed E-state index contributed by atoms with van der Waals surface area (Å²) in [5, 5.41) is 15.6. The second-order valence-corrected chi connectivity index (χ2v) is 8.00. The minimum Gasteiger partial charge on any atom is -0.454 e. The standard InChI is InChI=1S/C23H26N8O/c1-16(2)19-15-27-31-21(19)28-23(32-18-8-5-10-24-14-18)29-22(31)25-13-17-7-3-4-9-20(17)30-12-6-11-26-30/h3-9,11-12,15-16,18,24H,10,13-14H2,1-2H3,(H,25,28,29). The highest BCUT2D eigenvalue weighted by molar-refractivity contribution is 5.53. The van der Waals surface area contributed by atoms with Gasteiger partial charge in [-0.3, -0.25) is 0 Å². The first kappa shape index (κ1) is 20.2. The Balaban J connectivity index is 1.48. The summed E-state index contributed by atoms with van der Waals surface area (Å²) in [5.41, 5.74) is 3.89. The van der Waals surface area contributed by atoms with Gasteiger partial charge in [0.25, 0.3) is 0 Å². The number of aromatic nitrogens is 6. The third-order valence-corrected chi connectivity index (χ3v) is 5.39. The van der Waals surface area contributed by atoms with Gasteiger partial charge in [-0.2, -0.15) is 24.7 Å². The van der Waals surface area contributed by atoms with Crippen LogP contribution in [0.2, 0.25) is 0 Å². The fourth-order valence-corrected chi connectivity index (χ4v) is 3.73. The van der Waals surface area contributed by atoms with E-state index in [0.29, 0.717) is 18.5 Å². The van der Waals surface area contributed by atoms with Gasteiger partial charge in [0.05, 0.1) is 11.9 Å². The lowest BCUT2D eigenvalue weighted by Gasteiger charge is -2.19. The molecule has 0 amide bonds. The normalized spacial score (nSPS) is 16.0. The van der Waals surface area contributed by atoms with Crippen LogP contribution in [0.4, 0.5) is 5.95 Å². The number of hydrogen-bond donors (Lipinski definition) is 2. The average molecular weight is 431 g/mol. The summed E-state index contributed by atoms with van der Waals surface area (Å²) >= 11 is 0. The Hall–Kier alpha value is -3.72. The Morgan fingerprint density at radius 2 is 2.09 bits per heavy atom. The number of nitrogens with one attached hydrogen (secondary N) is 2. The first-order valence-electron chi connectivity index (χ1n) is 10.8. The number of anilines is 1. The van der Waals surface area contributed by atoms with Crippen LogP contribution in [-0.2, 0) is 6.54 Å². The van der Waals surface area contributed by atoms with Crippen molar-refractivity contribution in [1.82, 2.24) is 34.7 Å². The molecule has 164 valence electrons. The van der Waals surface area contributed by atoms with Crippen molar-refractivity contribution in [2.24, 2.45) is 0 Å². The monoisotopic (exact) mass is 430 g/mol. The molecule has 9 heteroatoms. The number of para-hydroxylation sites is 1. The van der Waals surface area contributed by atoms with Crippen molar-refractivity contribution in [3.8, 4) is 11.7 Å². The van der Waals surface area contributed by atoms with Crippen LogP contribution in [0, 0.1) is 0 Å². The molecule has 3 aromatic heterocycles. The fourth-order valence-electron chi connectivity index (χ4n) is 3.73. The topological polar surface area (TPSA) is 94.2 Å². The molecule has 0 spiro atoms. The van der Waals surface area contributed by atoms with E-state index in [1.807, 2.05) is 47.4 Å². The fraction of sp³-hybridized carbons (Fsp3) is 0.304. The molecule has 1 aliphatic heterocycles. The van der Waals surface area contributed by atoms with E-state index in [-0.39, 0.29) is 12.0 Å². The van der Waals surface area contributed by atoms with Gasteiger partial charge in [-0.05, 0) is 29.7 Å². The second-order valence-electron chi connectivity index (χ2n) is 8.00. The molecular formula is C23H26N8O. The van der Waals surface area contributed by atoms with E-state index < -0.39 is 0 Å². The van der Waals surface area contributed by atoms with Crippen molar-refractivity contribution in [2.75, 3.05) is 18.4 Å². The zero-order valence-electron chi connectivity index (χ0n) is 18.1. The Bertz CT molecular complexity index is 1230. The maximum absolute atomic E-state index is 6.08. The number of nitrogens with zero attached hydrogens (tertiary/aromatic N) is 6. The van der Waals surface area contributed by atoms with Gasteiger partial charge < -0.3 is 15.4 Å². The van der Waals surface area contributed by atoms with Gasteiger partial charge in [0, 0.05) is 37.6 Å². The molecule has 1 unspecified atom stereocenters. The number of ether oxygens (including phenoxy) is 1. The Morgan fingerprint density at radius 3 is 2.88 bits per heavy atom. The maximum atomic E-state index is 6.08. The van der Waals surface area contributed by atoms with E-state index in [9.17, 15) is 0 Å². The molecule has 9 nitrogen and oxygen atoms in total. The molecule has 4 aromatic rings. The van der Waals surface area contributed by atoms with E-state index in [1.165, 1.54) is 0 Å². The summed E-state index contributed by atoms with van der Waals surface area (Å²) in [4.78, 5) is 9.32.